The minimum absolute atomic E-state index is 0.163. The van der Waals surface area contributed by atoms with Crippen LogP contribution < -0.4 is 0 Å². The fourth-order valence-electron chi connectivity index (χ4n) is 5.70. The van der Waals surface area contributed by atoms with E-state index in [0.717, 1.165) is 85.4 Å². The number of fused-ring (bicyclic) bond motifs is 1. The maximum Gasteiger partial charge on any atom is 0.225 e. The molecule has 0 aliphatic carbocycles. The molecular weight excluding hydrogens is 534 g/mol. The summed E-state index contributed by atoms with van der Waals surface area (Å²) in [5.41, 5.74) is 4.37. The van der Waals surface area contributed by atoms with E-state index in [-0.39, 0.29) is 5.92 Å². The molecule has 0 unspecified atom stereocenters. The zero-order chi connectivity index (χ0) is 24.5. The third kappa shape index (κ3) is 4.86. The Morgan fingerprint density at radius 1 is 1.03 bits per heavy atom. The third-order valence-corrected chi connectivity index (χ3v) is 8.84. The number of pyridine rings is 1. The predicted octanol–water partition coefficient (Wildman–Crippen LogP) is 6.00. The van der Waals surface area contributed by atoms with Gasteiger partial charge in [0.15, 0.2) is 5.82 Å². The lowest BCUT2D eigenvalue weighted by Gasteiger charge is -2.38. The van der Waals surface area contributed by atoms with Crippen LogP contribution in [0, 0.1) is 5.92 Å². The number of hydrogen-bond donors (Lipinski definition) is 0. The molecule has 0 saturated carbocycles. The van der Waals surface area contributed by atoms with E-state index in [4.69, 9.17) is 4.98 Å². The van der Waals surface area contributed by atoms with Gasteiger partial charge in [-0.3, -0.25) is 14.7 Å². The van der Waals surface area contributed by atoms with Gasteiger partial charge in [-0.05, 0) is 91.5 Å². The molecule has 2 aliphatic rings. The Kier molecular flexibility index (Phi) is 6.91. The lowest BCUT2D eigenvalue weighted by Crippen LogP contribution is -2.45. The first-order valence-electron chi connectivity index (χ1n) is 12.8. The van der Waals surface area contributed by atoms with E-state index in [9.17, 15) is 4.79 Å². The molecule has 1 aromatic carbocycles. The van der Waals surface area contributed by atoms with Crippen molar-refractivity contribution in [3.05, 3.63) is 69.5 Å². The van der Waals surface area contributed by atoms with E-state index in [1.165, 1.54) is 5.56 Å². The number of amides is 1. The number of piperidine rings is 2. The van der Waals surface area contributed by atoms with E-state index in [1.807, 2.05) is 24.4 Å². The fourth-order valence-corrected chi connectivity index (χ4v) is 6.71. The van der Waals surface area contributed by atoms with Crippen LogP contribution in [0.5, 0.6) is 0 Å². The van der Waals surface area contributed by atoms with Crippen LogP contribution in [-0.4, -0.2) is 56.4 Å². The molecule has 2 fully saturated rings. The van der Waals surface area contributed by atoms with Gasteiger partial charge in [-0.15, -0.1) is 0 Å². The van der Waals surface area contributed by atoms with Crippen LogP contribution in [0.3, 0.4) is 0 Å². The zero-order valence-electron chi connectivity index (χ0n) is 20.2. The maximum absolute atomic E-state index is 13.4. The number of thiophene rings is 1. The molecule has 8 heteroatoms. The van der Waals surface area contributed by atoms with Crippen molar-refractivity contribution in [1.29, 1.82) is 0 Å². The summed E-state index contributed by atoms with van der Waals surface area (Å²) in [6.45, 7) is 4.62. The van der Waals surface area contributed by atoms with Crippen molar-refractivity contribution in [2.45, 2.75) is 38.3 Å². The SMILES string of the molecule is O=C(C1CCN(Cc2ccsc2)CC1)N1CCC(n2c(-c3ccccn3)nc3cc(Br)ccc32)CC1. The van der Waals surface area contributed by atoms with Crippen LogP contribution in [-0.2, 0) is 11.3 Å². The third-order valence-electron chi connectivity index (χ3n) is 7.61. The topological polar surface area (TPSA) is 54.3 Å². The first kappa shape index (κ1) is 23.8. The normalized spacial score (nSPS) is 18.2. The number of hydrogen-bond acceptors (Lipinski definition) is 5. The van der Waals surface area contributed by atoms with Gasteiger partial charge in [-0.2, -0.15) is 11.3 Å². The highest BCUT2D eigenvalue weighted by Gasteiger charge is 2.32. The van der Waals surface area contributed by atoms with Gasteiger partial charge in [-0.25, -0.2) is 4.98 Å². The van der Waals surface area contributed by atoms with Gasteiger partial charge in [0, 0.05) is 42.3 Å². The highest BCUT2D eigenvalue weighted by atomic mass is 79.9. The molecule has 0 bridgehead atoms. The molecular formula is C28H30BrN5OS. The summed E-state index contributed by atoms with van der Waals surface area (Å²) in [5, 5.41) is 4.36. The van der Waals surface area contributed by atoms with Gasteiger partial charge in [0.2, 0.25) is 5.91 Å². The molecule has 0 N–H and O–H groups in total. The van der Waals surface area contributed by atoms with Crippen LogP contribution in [0.4, 0.5) is 0 Å². The van der Waals surface area contributed by atoms with Crippen molar-refractivity contribution >= 4 is 44.2 Å². The average molecular weight is 565 g/mol. The van der Waals surface area contributed by atoms with Gasteiger partial charge >= 0.3 is 0 Å². The molecule has 4 aromatic rings. The summed E-state index contributed by atoms with van der Waals surface area (Å²) in [6.07, 6.45) is 5.62. The van der Waals surface area contributed by atoms with E-state index >= 15 is 0 Å². The van der Waals surface area contributed by atoms with Crippen LogP contribution >= 0.6 is 27.3 Å². The van der Waals surface area contributed by atoms with Gasteiger partial charge in [-0.1, -0.05) is 22.0 Å². The van der Waals surface area contributed by atoms with Gasteiger partial charge < -0.3 is 9.47 Å². The van der Waals surface area contributed by atoms with Crippen LogP contribution in [0.15, 0.2) is 63.9 Å². The summed E-state index contributed by atoms with van der Waals surface area (Å²) < 4.78 is 3.38. The number of nitrogens with zero attached hydrogens (tertiary/aromatic N) is 5. The van der Waals surface area contributed by atoms with Crippen molar-refractivity contribution in [3.63, 3.8) is 0 Å². The van der Waals surface area contributed by atoms with Crippen molar-refractivity contribution in [3.8, 4) is 11.5 Å². The molecule has 0 atom stereocenters. The smallest absolute Gasteiger partial charge is 0.225 e. The largest absolute Gasteiger partial charge is 0.342 e. The molecule has 6 rings (SSSR count). The Bertz CT molecular complexity index is 1320. The molecule has 36 heavy (non-hydrogen) atoms. The number of rotatable bonds is 5. The first-order chi connectivity index (χ1) is 17.7. The Labute approximate surface area is 224 Å². The molecule has 186 valence electrons. The quantitative estimate of drug-likeness (QED) is 0.299. The summed E-state index contributed by atoms with van der Waals surface area (Å²) >= 11 is 5.34. The maximum atomic E-state index is 13.4. The Morgan fingerprint density at radius 2 is 1.86 bits per heavy atom. The highest BCUT2D eigenvalue weighted by molar-refractivity contribution is 9.10. The van der Waals surface area contributed by atoms with Crippen molar-refractivity contribution in [1.82, 2.24) is 24.3 Å². The second kappa shape index (κ2) is 10.4. The number of benzene rings is 1. The highest BCUT2D eigenvalue weighted by Crippen LogP contribution is 2.34. The average Bonchev–Trinajstić information content (AvgIpc) is 3.57. The van der Waals surface area contributed by atoms with Gasteiger partial charge in [0.25, 0.3) is 0 Å². The van der Waals surface area contributed by atoms with E-state index in [0.29, 0.717) is 11.9 Å². The molecule has 3 aromatic heterocycles. The van der Waals surface area contributed by atoms with Crippen molar-refractivity contribution in [2.24, 2.45) is 5.92 Å². The monoisotopic (exact) mass is 563 g/mol. The summed E-state index contributed by atoms with van der Waals surface area (Å²) in [7, 11) is 0. The summed E-state index contributed by atoms with van der Waals surface area (Å²) in [6, 6.07) is 14.8. The van der Waals surface area contributed by atoms with Crippen LogP contribution in [0.1, 0.15) is 37.3 Å². The molecule has 2 aliphatic heterocycles. The molecule has 0 spiro atoms. The fraction of sp³-hybridized carbons (Fsp3) is 0.393. The van der Waals surface area contributed by atoms with E-state index in [1.54, 1.807) is 11.3 Å². The predicted molar refractivity (Wildman–Crippen MR) is 148 cm³/mol. The zero-order valence-corrected chi connectivity index (χ0v) is 22.6. The van der Waals surface area contributed by atoms with E-state index in [2.05, 4.69) is 70.3 Å². The second-order valence-electron chi connectivity index (χ2n) is 9.89. The lowest BCUT2D eigenvalue weighted by molar-refractivity contribution is -0.138. The lowest BCUT2D eigenvalue weighted by atomic mass is 9.93. The van der Waals surface area contributed by atoms with Crippen LogP contribution in [0.2, 0.25) is 0 Å². The second-order valence-corrected chi connectivity index (χ2v) is 11.6. The molecule has 6 nitrogen and oxygen atoms in total. The number of aromatic nitrogens is 3. The van der Waals surface area contributed by atoms with E-state index < -0.39 is 0 Å². The number of halogens is 1. The van der Waals surface area contributed by atoms with Crippen molar-refractivity contribution in [2.75, 3.05) is 26.2 Å². The first-order valence-corrected chi connectivity index (χ1v) is 14.5. The Balaban J connectivity index is 1.13. The summed E-state index contributed by atoms with van der Waals surface area (Å²) in [5.74, 6) is 1.43. The minimum Gasteiger partial charge on any atom is -0.342 e. The number of likely N-dealkylation sites (tertiary alicyclic amines) is 2. The molecule has 0 radical (unpaired) electrons. The Hall–Kier alpha value is -2.55. The van der Waals surface area contributed by atoms with Crippen molar-refractivity contribution < 1.29 is 4.79 Å². The standard InChI is InChI=1S/C28H30BrN5OS/c29-22-4-5-26-25(17-22)31-27(24-3-1-2-11-30-24)34(26)23-8-14-33(15-9-23)28(35)21-6-12-32(13-7-21)18-20-10-16-36-19-20/h1-5,10-11,16-17,19,21,23H,6-9,12-15,18H2. The van der Waals surface area contributed by atoms with Crippen LogP contribution in [0.25, 0.3) is 22.6 Å². The number of carbonyl (C=O) groups excluding carboxylic acids is 1. The minimum atomic E-state index is 0.163. The number of carbonyl (C=O) groups is 1. The summed E-state index contributed by atoms with van der Waals surface area (Å²) in [4.78, 5) is 27.5. The number of imidazole rings is 1. The van der Waals surface area contributed by atoms with Gasteiger partial charge in [0.05, 0.1) is 11.0 Å². The molecule has 1 amide bonds. The van der Waals surface area contributed by atoms with Gasteiger partial charge in [0.1, 0.15) is 5.69 Å². The molecule has 2 saturated heterocycles. The Morgan fingerprint density at radius 3 is 2.58 bits per heavy atom. The molecule has 5 heterocycles.